The fraction of sp³-hybridized carbons (Fsp3) is 0.455. The lowest BCUT2D eigenvalue weighted by Crippen LogP contribution is -2.32. The largest absolute Gasteiger partial charge is 0.370 e. The number of thiazole rings is 1. The Balaban J connectivity index is 0.00000256. The topological polar surface area (TPSA) is 63.3 Å². The number of nitrogens with zero attached hydrogens (tertiary/aromatic N) is 2. The van der Waals surface area contributed by atoms with E-state index in [1.165, 1.54) is 0 Å². The van der Waals surface area contributed by atoms with Crippen molar-refractivity contribution in [2.75, 3.05) is 6.54 Å². The molecule has 0 saturated carbocycles. The van der Waals surface area contributed by atoms with Gasteiger partial charge in [-0.2, -0.15) is 0 Å². The first-order chi connectivity index (χ1) is 7.61. The highest BCUT2D eigenvalue weighted by molar-refractivity contribution is 14.0. The molecule has 0 atom stereocenters. The average molecular weight is 366 g/mol. The van der Waals surface area contributed by atoms with Crippen LogP contribution in [-0.2, 0) is 13.0 Å². The number of aromatic nitrogens is 1. The van der Waals surface area contributed by atoms with Gasteiger partial charge in [-0.1, -0.05) is 19.1 Å². The van der Waals surface area contributed by atoms with Crippen LogP contribution >= 0.6 is 35.3 Å². The van der Waals surface area contributed by atoms with Crippen LogP contribution in [0.2, 0.25) is 0 Å². The van der Waals surface area contributed by atoms with E-state index in [0.29, 0.717) is 19.0 Å². The van der Waals surface area contributed by atoms with Crippen molar-refractivity contribution in [2.24, 2.45) is 10.7 Å². The van der Waals surface area contributed by atoms with Crippen LogP contribution in [0.4, 0.5) is 0 Å². The first kappa shape index (κ1) is 16.4. The minimum Gasteiger partial charge on any atom is -0.370 e. The number of hydrogen-bond donors (Lipinski definition) is 2. The molecule has 3 N–H and O–H groups in total. The lowest BCUT2D eigenvalue weighted by atomic mass is 10.3. The Labute approximate surface area is 123 Å². The number of hydrogen-bond acceptors (Lipinski definition) is 3. The summed E-state index contributed by atoms with van der Waals surface area (Å²) in [6.07, 6.45) is 0.970. The summed E-state index contributed by atoms with van der Waals surface area (Å²) in [4.78, 5) is 8.61. The second kappa shape index (κ2) is 8.46. The molecule has 0 saturated heterocycles. The molecule has 6 heteroatoms. The summed E-state index contributed by atoms with van der Waals surface area (Å²) in [7, 11) is 0. The lowest BCUT2D eigenvalue weighted by Gasteiger charge is -2.03. The van der Waals surface area contributed by atoms with Crippen molar-refractivity contribution in [3.05, 3.63) is 28.2 Å². The molecule has 0 bridgehead atoms. The minimum absolute atomic E-state index is 0. The van der Waals surface area contributed by atoms with Gasteiger partial charge in [0.15, 0.2) is 5.96 Å². The number of aliphatic imine (C=N–C) groups is 1. The number of nitrogens with one attached hydrogen (secondary N) is 1. The van der Waals surface area contributed by atoms with Crippen molar-refractivity contribution in [3.8, 4) is 0 Å². The van der Waals surface area contributed by atoms with Gasteiger partial charge in [-0.15, -0.1) is 35.3 Å². The quantitative estimate of drug-likeness (QED) is 0.364. The van der Waals surface area contributed by atoms with Gasteiger partial charge in [-0.3, -0.25) is 0 Å². The first-order valence-electron chi connectivity index (χ1n) is 5.23. The van der Waals surface area contributed by atoms with Crippen molar-refractivity contribution in [2.45, 2.75) is 26.8 Å². The molecule has 96 valence electrons. The van der Waals surface area contributed by atoms with E-state index < -0.39 is 0 Å². The maximum absolute atomic E-state index is 5.68. The molecule has 0 amide bonds. The fourth-order valence-electron chi connectivity index (χ4n) is 1.05. The van der Waals surface area contributed by atoms with Gasteiger partial charge in [-0.25, -0.2) is 9.98 Å². The molecule has 0 spiro atoms. The molecule has 0 aromatic carbocycles. The second-order valence-corrected chi connectivity index (χ2v) is 4.54. The third kappa shape index (κ3) is 6.62. The second-order valence-electron chi connectivity index (χ2n) is 3.60. The molecule has 0 fully saturated rings. The van der Waals surface area contributed by atoms with Gasteiger partial charge in [0, 0.05) is 11.9 Å². The third-order valence-corrected chi connectivity index (χ3v) is 2.93. The van der Waals surface area contributed by atoms with Crippen LogP contribution in [0.1, 0.15) is 24.5 Å². The van der Waals surface area contributed by atoms with Crippen molar-refractivity contribution in [3.63, 3.8) is 0 Å². The summed E-state index contributed by atoms with van der Waals surface area (Å²) in [5.74, 6) is 0.439. The highest BCUT2D eigenvalue weighted by atomic mass is 127. The highest BCUT2D eigenvalue weighted by Crippen LogP contribution is 2.10. The summed E-state index contributed by atoms with van der Waals surface area (Å²) < 4.78 is 0. The van der Waals surface area contributed by atoms with Crippen LogP contribution in [0.3, 0.4) is 0 Å². The van der Waals surface area contributed by atoms with E-state index >= 15 is 0 Å². The number of nitrogens with two attached hydrogens (primary N) is 1. The molecule has 0 radical (unpaired) electrons. The fourth-order valence-corrected chi connectivity index (χ4v) is 1.78. The maximum Gasteiger partial charge on any atom is 0.189 e. The number of guanidine groups is 1. The Bertz CT molecular complexity index is 387. The van der Waals surface area contributed by atoms with Gasteiger partial charge in [0.2, 0.25) is 0 Å². The molecule has 0 aliphatic heterocycles. The standard InChI is InChI=1S/C11H18N4S.HI/c1-4-10-15-9(7-16-10)6-14-11(12)13-5-8(2)3;/h7H,2,4-6H2,1,3H3,(H3,12,13,14);1H. The smallest absolute Gasteiger partial charge is 0.189 e. The summed E-state index contributed by atoms with van der Waals surface area (Å²) in [6, 6.07) is 0. The van der Waals surface area contributed by atoms with Gasteiger partial charge in [0.1, 0.15) is 0 Å². The molecule has 1 rings (SSSR count). The predicted molar refractivity (Wildman–Crippen MR) is 85.1 cm³/mol. The molecule has 0 unspecified atom stereocenters. The Hall–Kier alpha value is -0.630. The molecule has 1 aromatic rings. The van der Waals surface area contributed by atoms with Crippen LogP contribution in [0.5, 0.6) is 0 Å². The maximum atomic E-state index is 5.68. The van der Waals surface area contributed by atoms with E-state index in [-0.39, 0.29) is 24.0 Å². The van der Waals surface area contributed by atoms with Crippen LogP contribution in [0, 0.1) is 0 Å². The molecule has 4 nitrogen and oxygen atoms in total. The molecule has 1 aromatic heterocycles. The SMILES string of the molecule is C=C(C)CNC(N)=NCc1csc(CC)n1.I. The van der Waals surface area contributed by atoms with Gasteiger partial charge < -0.3 is 11.1 Å². The van der Waals surface area contributed by atoms with Gasteiger partial charge in [0.25, 0.3) is 0 Å². The van der Waals surface area contributed by atoms with Crippen molar-refractivity contribution in [1.29, 1.82) is 0 Å². The van der Waals surface area contributed by atoms with Crippen LogP contribution in [-0.4, -0.2) is 17.5 Å². The van der Waals surface area contributed by atoms with Gasteiger partial charge >= 0.3 is 0 Å². The van der Waals surface area contributed by atoms with Crippen molar-refractivity contribution >= 4 is 41.3 Å². The minimum atomic E-state index is 0. The third-order valence-electron chi connectivity index (χ3n) is 1.88. The van der Waals surface area contributed by atoms with E-state index in [4.69, 9.17) is 5.73 Å². The Morgan fingerprint density at radius 2 is 2.35 bits per heavy atom. The molecular formula is C11H19IN4S. The first-order valence-corrected chi connectivity index (χ1v) is 6.11. The van der Waals surface area contributed by atoms with E-state index in [1.54, 1.807) is 11.3 Å². The highest BCUT2D eigenvalue weighted by Gasteiger charge is 1.99. The Morgan fingerprint density at radius 1 is 1.65 bits per heavy atom. The average Bonchev–Trinajstić information content (AvgIpc) is 2.71. The summed E-state index contributed by atoms with van der Waals surface area (Å²) in [5.41, 5.74) is 7.68. The van der Waals surface area contributed by atoms with Crippen LogP contribution in [0.15, 0.2) is 22.5 Å². The number of rotatable bonds is 5. The van der Waals surface area contributed by atoms with Crippen LogP contribution in [0.25, 0.3) is 0 Å². The summed E-state index contributed by atoms with van der Waals surface area (Å²) >= 11 is 1.66. The molecule has 0 aliphatic carbocycles. The molecule has 17 heavy (non-hydrogen) atoms. The zero-order chi connectivity index (χ0) is 12.0. The number of halogens is 1. The Kier molecular flexibility index (Phi) is 8.15. The number of aryl methyl sites for hydroxylation is 1. The molecule has 1 heterocycles. The molecule has 0 aliphatic rings. The van der Waals surface area contributed by atoms with Crippen LogP contribution < -0.4 is 11.1 Å². The normalized spacial score (nSPS) is 10.8. The van der Waals surface area contributed by atoms with E-state index in [9.17, 15) is 0 Å². The van der Waals surface area contributed by atoms with Gasteiger partial charge in [-0.05, 0) is 13.3 Å². The zero-order valence-corrected chi connectivity index (χ0v) is 13.3. The monoisotopic (exact) mass is 366 g/mol. The van der Waals surface area contributed by atoms with E-state index in [1.807, 2.05) is 12.3 Å². The summed E-state index contributed by atoms with van der Waals surface area (Å²) in [5, 5.41) is 6.14. The summed E-state index contributed by atoms with van der Waals surface area (Å²) in [6.45, 7) is 9.00. The lowest BCUT2D eigenvalue weighted by molar-refractivity contribution is 0.919. The van der Waals surface area contributed by atoms with E-state index in [0.717, 1.165) is 22.7 Å². The Morgan fingerprint density at radius 3 is 2.88 bits per heavy atom. The van der Waals surface area contributed by atoms with E-state index in [2.05, 4.69) is 28.8 Å². The zero-order valence-electron chi connectivity index (χ0n) is 10.2. The predicted octanol–water partition coefficient (Wildman–Crippen LogP) is 2.30. The van der Waals surface area contributed by atoms with Crippen molar-refractivity contribution < 1.29 is 0 Å². The van der Waals surface area contributed by atoms with Crippen molar-refractivity contribution in [1.82, 2.24) is 10.3 Å². The molecular weight excluding hydrogens is 347 g/mol. The van der Waals surface area contributed by atoms with Gasteiger partial charge in [0.05, 0.1) is 17.2 Å².